The van der Waals surface area contributed by atoms with Crippen LogP contribution < -0.4 is 10.6 Å². The molecule has 0 unspecified atom stereocenters. The first-order valence-electron chi connectivity index (χ1n) is 8.11. The molecule has 1 fully saturated rings. The fraction of sp³-hybridized carbons (Fsp3) is 0.562. The van der Waals surface area contributed by atoms with Crippen molar-refractivity contribution in [2.45, 2.75) is 32.2 Å². The molecule has 8 heteroatoms. The van der Waals surface area contributed by atoms with Crippen molar-refractivity contribution in [1.29, 1.82) is 0 Å². The summed E-state index contributed by atoms with van der Waals surface area (Å²) in [6.07, 6.45) is 1.38. The molecule has 0 atom stereocenters. The number of nitrogens with one attached hydrogen (secondary N) is 2. The van der Waals surface area contributed by atoms with Gasteiger partial charge in [-0.15, -0.1) is 0 Å². The summed E-state index contributed by atoms with van der Waals surface area (Å²) in [6.45, 7) is 3.62. The SMILES string of the molecule is CCOC(=O)N1CCC(NC(=O)CCNC(=O)c2ccsc2)CC1. The molecule has 24 heavy (non-hydrogen) atoms. The zero-order chi connectivity index (χ0) is 17.4. The lowest BCUT2D eigenvalue weighted by atomic mass is 10.1. The van der Waals surface area contributed by atoms with Gasteiger partial charge in [-0.05, 0) is 31.2 Å². The highest BCUT2D eigenvalue weighted by Gasteiger charge is 2.24. The number of thiophene rings is 1. The highest BCUT2D eigenvalue weighted by Crippen LogP contribution is 2.11. The Kier molecular flexibility index (Phi) is 7.05. The fourth-order valence-corrected chi connectivity index (χ4v) is 3.14. The molecule has 7 nitrogen and oxygen atoms in total. The van der Waals surface area contributed by atoms with Crippen molar-refractivity contribution in [2.75, 3.05) is 26.2 Å². The quantitative estimate of drug-likeness (QED) is 0.813. The number of hydrogen-bond donors (Lipinski definition) is 2. The smallest absolute Gasteiger partial charge is 0.409 e. The van der Waals surface area contributed by atoms with Crippen LogP contribution in [0.4, 0.5) is 4.79 Å². The lowest BCUT2D eigenvalue weighted by molar-refractivity contribution is -0.121. The third-order valence-electron chi connectivity index (χ3n) is 3.81. The third kappa shape index (κ3) is 5.52. The van der Waals surface area contributed by atoms with Gasteiger partial charge in [-0.25, -0.2) is 4.79 Å². The van der Waals surface area contributed by atoms with Crippen LogP contribution in [0.25, 0.3) is 0 Å². The summed E-state index contributed by atoms with van der Waals surface area (Å²) in [5, 5.41) is 9.29. The largest absolute Gasteiger partial charge is 0.450 e. The summed E-state index contributed by atoms with van der Waals surface area (Å²) in [4.78, 5) is 36.9. The number of ether oxygens (including phenoxy) is 1. The lowest BCUT2D eigenvalue weighted by Crippen LogP contribution is -2.47. The maximum Gasteiger partial charge on any atom is 0.409 e. The van der Waals surface area contributed by atoms with E-state index < -0.39 is 0 Å². The number of hydrogen-bond acceptors (Lipinski definition) is 5. The van der Waals surface area contributed by atoms with E-state index in [0.717, 1.165) is 0 Å². The van der Waals surface area contributed by atoms with Crippen LogP contribution >= 0.6 is 11.3 Å². The van der Waals surface area contributed by atoms with Gasteiger partial charge >= 0.3 is 6.09 Å². The van der Waals surface area contributed by atoms with Gasteiger partial charge in [0.15, 0.2) is 0 Å². The normalized spacial score (nSPS) is 15.0. The number of piperidine rings is 1. The molecule has 0 spiro atoms. The van der Waals surface area contributed by atoms with Gasteiger partial charge in [0.05, 0.1) is 6.61 Å². The molecule has 0 aromatic carbocycles. The van der Waals surface area contributed by atoms with Crippen LogP contribution in [0.1, 0.15) is 36.5 Å². The molecular formula is C16H23N3O4S. The summed E-state index contributed by atoms with van der Waals surface area (Å²) in [5.41, 5.74) is 0.617. The van der Waals surface area contributed by atoms with Crippen molar-refractivity contribution in [3.8, 4) is 0 Å². The standard InChI is InChI=1S/C16H23N3O4S/c1-2-23-16(22)19-8-4-13(5-9-19)18-14(20)3-7-17-15(21)12-6-10-24-11-12/h6,10-11,13H,2-5,7-9H2,1H3,(H,17,21)(H,18,20). The molecular weight excluding hydrogens is 330 g/mol. The molecule has 3 amide bonds. The van der Waals surface area contributed by atoms with Gasteiger partial charge in [0.1, 0.15) is 0 Å². The van der Waals surface area contributed by atoms with Crippen molar-refractivity contribution in [3.63, 3.8) is 0 Å². The number of likely N-dealkylation sites (tertiary alicyclic amines) is 1. The summed E-state index contributed by atoms with van der Waals surface area (Å²) in [7, 11) is 0. The molecule has 2 rings (SSSR count). The van der Waals surface area contributed by atoms with Crippen LogP contribution in [0.5, 0.6) is 0 Å². The van der Waals surface area contributed by atoms with E-state index in [9.17, 15) is 14.4 Å². The third-order valence-corrected chi connectivity index (χ3v) is 4.49. The maximum atomic E-state index is 11.9. The van der Waals surface area contributed by atoms with Gasteiger partial charge in [-0.1, -0.05) is 0 Å². The Morgan fingerprint density at radius 1 is 1.33 bits per heavy atom. The van der Waals surface area contributed by atoms with Crippen molar-refractivity contribution < 1.29 is 19.1 Å². The summed E-state index contributed by atoms with van der Waals surface area (Å²) in [6, 6.07) is 1.81. The van der Waals surface area contributed by atoms with Gasteiger partial charge < -0.3 is 20.3 Å². The van der Waals surface area contributed by atoms with E-state index in [2.05, 4.69) is 10.6 Å². The van der Waals surface area contributed by atoms with Gasteiger partial charge in [-0.3, -0.25) is 9.59 Å². The second-order valence-electron chi connectivity index (χ2n) is 5.55. The highest BCUT2D eigenvalue weighted by molar-refractivity contribution is 7.08. The number of amides is 3. The minimum absolute atomic E-state index is 0.0655. The minimum Gasteiger partial charge on any atom is -0.450 e. The van der Waals surface area contributed by atoms with Crippen LogP contribution in [0.15, 0.2) is 16.8 Å². The average molecular weight is 353 g/mol. The maximum absolute atomic E-state index is 11.9. The average Bonchev–Trinajstić information content (AvgIpc) is 3.10. The van der Waals surface area contributed by atoms with Crippen LogP contribution in [0.3, 0.4) is 0 Å². The van der Waals surface area contributed by atoms with Crippen LogP contribution in [-0.2, 0) is 9.53 Å². The molecule has 0 radical (unpaired) electrons. The van der Waals surface area contributed by atoms with Crippen molar-refractivity contribution in [2.24, 2.45) is 0 Å². The topological polar surface area (TPSA) is 87.7 Å². The Morgan fingerprint density at radius 2 is 2.08 bits per heavy atom. The van der Waals surface area contributed by atoms with Gasteiger partial charge in [0.25, 0.3) is 5.91 Å². The minimum atomic E-state index is -0.293. The Morgan fingerprint density at radius 3 is 2.71 bits per heavy atom. The Hall–Kier alpha value is -2.09. The molecule has 0 bridgehead atoms. The second-order valence-corrected chi connectivity index (χ2v) is 6.33. The van der Waals surface area contributed by atoms with Crippen LogP contribution in [0, 0.1) is 0 Å². The van der Waals surface area contributed by atoms with E-state index in [1.165, 1.54) is 11.3 Å². The number of carbonyl (C=O) groups excluding carboxylic acids is 3. The van der Waals surface area contributed by atoms with E-state index >= 15 is 0 Å². The molecule has 1 aliphatic rings. The highest BCUT2D eigenvalue weighted by atomic mass is 32.1. The van der Waals surface area contributed by atoms with E-state index in [1.807, 2.05) is 5.38 Å². The first kappa shape index (κ1) is 18.3. The Labute approximate surface area is 145 Å². The lowest BCUT2D eigenvalue weighted by Gasteiger charge is -2.31. The van der Waals surface area contributed by atoms with Gasteiger partial charge in [0, 0.05) is 43.0 Å². The molecule has 2 heterocycles. The first-order valence-corrected chi connectivity index (χ1v) is 9.06. The van der Waals surface area contributed by atoms with Crippen LogP contribution in [-0.4, -0.2) is 55.1 Å². The summed E-state index contributed by atoms with van der Waals surface area (Å²) >= 11 is 1.46. The molecule has 0 saturated carbocycles. The van der Waals surface area contributed by atoms with E-state index in [4.69, 9.17) is 4.74 Å². The number of carbonyl (C=O) groups is 3. The van der Waals surface area contributed by atoms with E-state index in [-0.39, 0.29) is 30.4 Å². The molecule has 1 aliphatic heterocycles. The zero-order valence-electron chi connectivity index (χ0n) is 13.7. The molecule has 1 aromatic heterocycles. The van der Waals surface area contributed by atoms with Crippen molar-refractivity contribution in [3.05, 3.63) is 22.4 Å². The van der Waals surface area contributed by atoms with Gasteiger partial charge in [0.2, 0.25) is 5.91 Å². The number of rotatable bonds is 6. The molecule has 132 valence electrons. The molecule has 2 N–H and O–H groups in total. The predicted octanol–water partition coefficient (Wildman–Crippen LogP) is 1.61. The van der Waals surface area contributed by atoms with Crippen LogP contribution in [0.2, 0.25) is 0 Å². The molecule has 1 saturated heterocycles. The van der Waals surface area contributed by atoms with Crippen molar-refractivity contribution in [1.82, 2.24) is 15.5 Å². The second kappa shape index (κ2) is 9.27. The first-order chi connectivity index (χ1) is 11.6. The molecule has 1 aromatic rings. The Balaban J connectivity index is 1.61. The molecule has 0 aliphatic carbocycles. The zero-order valence-corrected chi connectivity index (χ0v) is 14.6. The number of nitrogens with zero attached hydrogens (tertiary/aromatic N) is 1. The summed E-state index contributed by atoms with van der Waals surface area (Å²) in [5.74, 6) is -0.248. The predicted molar refractivity (Wildman–Crippen MR) is 91.0 cm³/mol. The summed E-state index contributed by atoms with van der Waals surface area (Å²) < 4.78 is 4.96. The Bertz CT molecular complexity index is 554. The monoisotopic (exact) mass is 353 g/mol. The van der Waals surface area contributed by atoms with Crippen molar-refractivity contribution >= 4 is 29.2 Å². The van der Waals surface area contributed by atoms with Gasteiger partial charge in [-0.2, -0.15) is 11.3 Å². The van der Waals surface area contributed by atoms with E-state index in [0.29, 0.717) is 44.6 Å². The fourth-order valence-electron chi connectivity index (χ4n) is 2.51. The van der Waals surface area contributed by atoms with E-state index in [1.54, 1.807) is 23.3 Å².